The van der Waals surface area contributed by atoms with E-state index < -0.39 is 6.10 Å². The van der Waals surface area contributed by atoms with Gasteiger partial charge in [-0.15, -0.1) is 0 Å². The molecule has 0 rings (SSSR count). The number of Topliss-reactive ketones (excluding diaryl/α,β-unsaturated/α-hetero) is 1. The SMILES string of the molecule is COCC(O)CCC(C)C(C)=O.F. The molecule has 0 aromatic heterocycles. The van der Waals surface area contributed by atoms with Gasteiger partial charge in [0.25, 0.3) is 0 Å². The molecule has 0 saturated carbocycles. The molecule has 3 nitrogen and oxygen atoms in total. The van der Waals surface area contributed by atoms with Gasteiger partial charge < -0.3 is 9.84 Å². The van der Waals surface area contributed by atoms with Gasteiger partial charge in [-0.05, 0) is 19.8 Å². The van der Waals surface area contributed by atoms with Crippen molar-refractivity contribution in [2.75, 3.05) is 13.7 Å². The molecule has 0 bridgehead atoms. The maximum atomic E-state index is 10.8. The van der Waals surface area contributed by atoms with Crippen molar-refractivity contribution >= 4 is 5.78 Å². The second-order valence-electron chi connectivity index (χ2n) is 3.20. The number of methoxy groups -OCH3 is 1. The van der Waals surface area contributed by atoms with E-state index >= 15 is 0 Å². The maximum Gasteiger partial charge on any atom is 0.132 e. The molecule has 0 aliphatic carbocycles. The van der Waals surface area contributed by atoms with E-state index in [0.717, 1.165) is 6.42 Å². The van der Waals surface area contributed by atoms with Gasteiger partial charge in [0.15, 0.2) is 0 Å². The molecule has 0 aliphatic heterocycles. The van der Waals surface area contributed by atoms with E-state index in [-0.39, 0.29) is 16.4 Å². The largest absolute Gasteiger partial charge is 0.391 e. The third kappa shape index (κ3) is 7.87. The predicted octanol–water partition coefficient (Wildman–Crippen LogP) is 1.15. The molecule has 2 atom stereocenters. The lowest BCUT2D eigenvalue weighted by Gasteiger charge is -2.11. The van der Waals surface area contributed by atoms with Crippen LogP contribution in [0.1, 0.15) is 26.7 Å². The molecular formula is C9H19FO3. The van der Waals surface area contributed by atoms with E-state index in [1.54, 1.807) is 14.0 Å². The summed E-state index contributed by atoms with van der Waals surface area (Å²) in [5.41, 5.74) is 0. The Labute approximate surface area is 78.5 Å². The highest BCUT2D eigenvalue weighted by atomic mass is 19.0. The molecule has 2 unspecified atom stereocenters. The monoisotopic (exact) mass is 194 g/mol. The molecule has 13 heavy (non-hydrogen) atoms. The number of halogens is 1. The molecule has 0 amide bonds. The standard InChI is InChI=1S/C9H18O3.FH/c1-7(8(2)10)4-5-9(11)6-12-3;/h7,9,11H,4-6H2,1-3H3;1H. The first-order chi connectivity index (χ1) is 5.57. The van der Waals surface area contributed by atoms with E-state index in [1.807, 2.05) is 6.92 Å². The molecule has 80 valence electrons. The van der Waals surface area contributed by atoms with E-state index in [2.05, 4.69) is 0 Å². The van der Waals surface area contributed by atoms with Crippen LogP contribution < -0.4 is 0 Å². The van der Waals surface area contributed by atoms with Crippen molar-refractivity contribution in [3.8, 4) is 0 Å². The van der Waals surface area contributed by atoms with Crippen LogP contribution >= 0.6 is 0 Å². The normalized spacial score (nSPS) is 14.5. The zero-order valence-corrected chi connectivity index (χ0v) is 8.45. The minimum atomic E-state index is -0.434. The first kappa shape index (κ1) is 15.0. The first-order valence-corrected chi connectivity index (χ1v) is 4.25. The number of aliphatic hydroxyl groups excluding tert-OH is 1. The summed E-state index contributed by atoms with van der Waals surface area (Å²) < 4.78 is 4.76. The van der Waals surface area contributed by atoms with Gasteiger partial charge in [0, 0.05) is 13.0 Å². The van der Waals surface area contributed by atoms with Crippen LogP contribution in [-0.2, 0) is 9.53 Å². The summed E-state index contributed by atoms with van der Waals surface area (Å²) in [5.74, 6) is 0.233. The highest BCUT2D eigenvalue weighted by molar-refractivity contribution is 5.77. The van der Waals surface area contributed by atoms with Gasteiger partial charge in [-0.25, -0.2) is 0 Å². The number of hydrogen-bond acceptors (Lipinski definition) is 3. The van der Waals surface area contributed by atoms with E-state index in [4.69, 9.17) is 4.74 Å². The summed E-state index contributed by atoms with van der Waals surface area (Å²) in [7, 11) is 1.55. The molecule has 4 heteroatoms. The molecular weight excluding hydrogens is 175 g/mol. The smallest absolute Gasteiger partial charge is 0.132 e. The number of aliphatic hydroxyl groups is 1. The van der Waals surface area contributed by atoms with E-state index in [9.17, 15) is 9.90 Å². The Balaban J connectivity index is 0. The molecule has 1 N–H and O–H groups in total. The highest BCUT2D eigenvalue weighted by Gasteiger charge is 2.10. The zero-order valence-electron chi connectivity index (χ0n) is 8.45. The molecule has 0 spiro atoms. The lowest BCUT2D eigenvalue weighted by molar-refractivity contribution is -0.120. The average molecular weight is 194 g/mol. The molecule has 0 heterocycles. The maximum absolute atomic E-state index is 10.8. The number of rotatable bonds is 6. The van der Waals surface area contributed by atoms with Gasteiger partial charge in [0.2, 0.25) is 0 Å². The van der Waals surface area contributed by atoms with Crippen molar-refractivity contribution in [1.29, 1.82) is 0 Å². The van der Waals surface area contributed by atoms with Crippen LogP contribution in [-0.4, -0.2) is 30.7 Å². The average Bonchev–Trinajstić information content (AvgIpc) is 2.00. The molecule has 0 radical (unpaired) electrons. The van der Waals surface area contributed by atoms with Crippen LogP contribution in [0.2, 0.25) is 0 Å². The number of ketones is 1. The Morgan fingerprint density at radius 1 is 1.46 bits per heavy atom. The first-order valence-electron chi connectivity index (χ1n) is 4.25. The quantitative estimate of drug-likeness (QED) is 0.690. The van der Waals surface area contributed by atoms with Gasteiger partial charge in [-0.1, -0.05) is 6.92 Å². The summed E-state index contributed by atoms with van der Waals surface area (Å²) in [4.78, 5) is 10.8. The third-order valence-electron chi connectivity index (χ3n) is 1.99. The second-order valence-corrected chi connectivity index (χ2v) is 3.20. The Morgan fingerprint density at radius 3 is 2.38 bits per heavy atom. The van der Waals surface area contributed by atoms with Crippen LogP contribution in [0.25, 0.3) is 0 Å². The van der Waals surface area contributed by atoms with Crippen molar-refractivity contribution < 1.29 is 19.3 Å². The van der Waals surface area contributed by atoms with Gasteiger partial charge in [0.05, 0.1) is 12.7 Å². The van der Waals surface area contributed by atoms with E-state index in [1.165, 1.54) is 0 Å². The molecule has 0 saturated heterocycles. The fourth-order valence-corrected chi connectivity index (χ4v) is 0.921. The van der Waals surface area contributed by atoms with Gasteiger partial charge in [-0.2, -0.15) is 0 Å². The Bertz CT molecular complexity index is 139. The number of ether oxygens (including phenoxy) is 1. The van der Waals surface area contributed by atoms with Crippen molar-refractivity contribution in [1.82, 2.24) is 0 Å². The third-order valence-corrected chi connectivity index (χ3v) is 1.99. The lowest BCUT2D eigenvalue weighted by Crippen LogP contribution is -2.16. The number of carbonyl (C=O) groups is 1. The van der Waals surface area contributed by atoms with Gasteiger partial charge in [-0.3, -0.25) is 9.50 Å². The minimum Gasteiger partial charge on any atom is -0.391 e. The fraction of sp³-hybridized carbons (Fsp3) is 0.889. The minimum absolute atomic E-state index is 0. The van der Waals surface area contributed by atoms with Crippen LogP contribution in [0.15, 0.2) is 0 Å². The Kier molecular flexibility index (Phi) is 9.39. The molecule has 0 aliphatic rings. The van der Waals surface area contributed by atoms with Crippen LogP contribution in [0.5, 0.6) is 0 Å². The summed E-state index contributed by atoms with van der Waals surface area (Å²) in [5, 5.41) is 9.24. The summed E-state index contributed by atoms with van der Waals surface area (Å²) in [6.45, 7) is 3.81. The zero-order chi connectivity index (χ0) is 9.56. The van der Waals surface area contributed by atoms with Crippen LogP contribution in [0.4, 0.5) is 4.70 Å². The number of hydrogen-bond donors (Lipinski definition) is 1. The fourth-order valence-electron chi connectivity index (χ4n) is 0.921. The topological polar surface area (TPSA) is 46.5 Å². The lowest BCUT2D eigenvalue weighted by atomic mass is 10.00. The van der Waals surface area contributed by atoms with Crippen molar-refractivity contribution in [3.05, 3.63) is 0 Å². The molecule has 0 aromatic carbocycles. The predicted molar refractivity (Wildman–Crippen MR) is 49.5 cm³/mol. The van der Waals surface area contributed by atoms with Gasteiger partial charge in [0.1, 0.15) is 5.78 Å². The van der Waals surface area contributed by atoms with Gasteiger partial charge >= 0.3 is 0 Å². The highest BCUT2D eigenvalue weighted by Crippen LogP contribution is 2.08. The summed E-state index contributed by atoms with van der Waals surface area (Å²) >= 11 is 0. The molecule has 0 fully saturated rings. The van der Waals surface area contributed by atoms with Crippen LogP contribution in [0, 0.1) is 5.92 Å². The number of carbonyl (C=O) groups excluding carboxylic acids is 1. The second kappa shape index (κ2) is 8.13. The summed E-state index contributed by atoms with van der Waals surface area (Å²) in [6, 6.07) is 0. The van der Waals surface area contributed by atoms with Crippen molar-refractivity contribution in [2.24, 2.45) is 5.92 Å². The van der Waals surface area contributed by atoms with E-state index in [0.29, 0.717) is 13.0 Å². The summed E-state index contributed by atoms with van der Waals surface area (Å²) in [6.07, 6.45) is 0.936. The van der Waals surface area contributed by atoms with Crippen molar-refractivity contribution in [2.45, 2.75) is 32.8 Å². The Hall–Kier alpha value is -0.480. The van der Waals surface area contributed by atoms with Crippen molar-refractivity contribution in [3.63, 3.8) is 0 Å². The Morgan fingerprint density at radius 2 is 2.00 bits per heavy atom. The molecule has 0 aromatic rings. The van der Waals surface area contributed by atoms with Crippen LogP contribution in [0.3, 0.4) is 0 Å².